The first-order valence-corrected chi connectivity index (χ1v) is 12.2. The Morgan fingerprint density at radius 1 is 1.03 bits per heavy atom. The lowest BCUT2D eigenvalue weighted by Gasteiger charge is -2.19. The van der Waals surface area contributed by atoms with E-state index >= 15 is 0 Å². The van der Waals surface area contributed by atoms with Crippen LogP contribution in [0, 0.1) is 0 Å². The second kappa shape index (κ2) is 10.1. The minimum Gasteiger partial charge on any atom is -0.382 e. The van der Waals surface area contributed by atoms with E-state index in [1.165, 1.54) is 12.1 Å². The summed E-state index contributed by atoms with van der Waals surface area (Å²) in [4.78, 5) is 30.9. The van der Waals surface area contributed by atoms with Gasteiger partial charge < -0.3 is 21.7 Å². The van der Waals surface area contributed by atoms with Gasteiger partial charge >= 0.3 is 0 Å². The lowest BCUT2D eigenvalue weighted by atomic mass is 10.1. The maximum Gasteiger partial charge on any atom is 0.294 e. The highest BCUT2D eigenvalue weighted by molar-refractivity contribution is 7.85. The van der Waals surface area contributed by atoms with Crippen molar-refractivity contribution in [3.8, 4) is 0 Å². The Hall–Kier alpha value is -4.36. The number of amides is 1. The van der Waals surface area contributed by atoms with Crippen molar-refractivity contribution < 1.29 is 17.8 Å². The first-order chi connectivity index (χ1) is 17.1. The van der Waals surface area contributed by atoms with Crippen LogP contribution in [0.3, 0.4) is 0 Å². The maximum absolute atomic E-state index is 12.5. The zero-order chi connectivity index (χ0) is 25.9. The molecule has 0 bridgehead atoms. The summed E-state index contributed by atoms with van der Waals surface area (Å²) in [5.74, 6) is -0.0217. The number of hydrogen-bond donors (Lipinski definition) is 4. The number of nitrogens with one attached hydrogen (secondary N) is 1. The molecule has 1 amide bonds. The van der Waals surface area contributed by atoms with Gasteiger partial charge in [-0.3, -0.25) is 9.35 Å². The van der Waals surface area contributed by atoms with E-state index in [1.807, 2.05) is 24.1 Å². The van der Waals surface area contributed by atoms with Crippen molar-refractivity contribution in [2.45, 2.75) is 17.9 Å². The van der Waals surface area contributed by atoms with E-state index in [1.54, 1.807) is 30.5 Å². The van der Waals surface area contributed by atoms with E-state index in [0.29, 0.717) is 41.9 Å². The summed E-state index contributed by atoms with van der Waals surface area (Å²) in [6.07, 6.45) is 2.11. The second-order valence-electron chi connectivity index (χ2n) is 8.03. The minimum atomic E-state index is -4.22. The van der Waals surface area contributed by atoms with Crippen LogP contribution in [0.4, 0.5) is 17.5 Å². The van der Waals surface area contributed by atoms with Gasteiger partial charge in [-0.1, -0.05) is 12.1 Å². The normalized spacial score (nSPS) is 11.4. The van der Waals surface area contributed by atoms with Gasteiger partial charge in [0, 0.05) is 24.8 Å². The molecule has 4 aromatic rings. The van der Waals surface area contributed by atoms with E-state index < -0.39 is 10.1 Å². The van der Waals surface area contributed by atoms with Gasteiger partial charge in [0.05, 0.1) is 23.3 Å². The third kappa shape index (κ3) is 5.82. The molecule has 0 radical (unpaired) electrons. The van der Waals surface area contributed by atoms with Crippen LogP contribution in [0.2, 0.25) is 0 Å². The van der Waals surface area contributed by atoms with Crippen LogP contribution in [0.15, 0.2) is 59.6 Å². The monoisotopic (exact) mass is 508 g/mol. The molecule has 0 spiro atoms. The highest BCUT2D eigenvalue weighted by Crippen LogP contribution is 2.19. The molecule has 0 saturated heterocycles. The van der Waals surface area contributed by atoms with Crippen molar-refractivity contribution >= 4 is 44.6 Å². The van der Waals surface area contributed by atoms with E-state index in [-0.39, 0.29) is 22.6 Å². The number of aromatic nitrogens is 4. The van der Waals surface area contributed by atoms with Gasteiger partial charge in [-0.2, -0.15) is 18.4 Å². The molecule has 0 atom stereocenters. The molecule has 0 aliphatic heterocycles. The average molecular weight is 509 g/mol. The number of nitrogens with two attached hydrogens (primary N) is 2. The largest absolute Gasteiger partial charge is 0.382 e. The number of carbonyl (C=O) groups excluding carboxylic acids is 1. The van der Waals surface area contributed by atoms with Gasteiger partial charge in [0.1, 0.15) is 0 Å². The van der Waals surface area contributed by atoms with Gasteiger partial charge in [-0.15, -0.1) is 0 Å². The van der Waals surface area contributed by atoms with Gasteiger partial charge in [0.15, 0.2) is 17.0 Å². The topological polar surface area (TPSA) is 190 Å². The zero-order valence-corrected chi connectivity index (χ0v) is 20.1. The number of benzene rings is 2. The molecule has 12 nitrogen and oxygen atoms in total. The number of hydrogen-bond acceptors (Lipinski definition) is 10. The molecule has 0 unspecified atom stereocenters. The molecule has 13 heteroatoms. The Bertz CT molecular complexity index is 1510. The fourth-order valence-corrected chi connectivity index (χ4v) is 3.99. The van der Waals surface area contributed by atoms with Crippen molar-refractivity contribution in [3.05, 3.63) is 71.5 Å². The molecule has 0 fully saturated rings. The molecule has 186 valence electrons. The Morgan fingerprint density at radius 2 is 1.72 bits per heavy atom. The fourth-order valence-electron chi connectivity index (χ4n) is 3.51. The van der Waals surface area contributed by atoms with Crippen LogP contribution < -0.4 is 21.7 Å². The molecule has 2 aromatic carbocycles. The lowest BCUT2D eigenvalue weighted by Crippen LogP contribution is -2.25. The predicted molar refractivity (Wildman–Crippen MR) is 135 cm³/mol. The number of rotatable bonds is 8. The van der Waals surface area contributed by atoms with E-state index in [2.05, 4.69) is 25.3 Å². The van der Waals surface area contributed by atoms with Crippen molar-refractivity contribution in [2.24, 2.45) is 0 Å². The molecule has 2 heterocycles. The number of nitrogen functional groups attached to an aromatic ring is 2. The first-order valence-electron chi connectivity index (χ1n) is 10.8. The predicted octanol–water partition coefficient (Wildman–Crippen LogP) is 1.44. The zero-order valence-electron chi connectivity index (χ0n) is 19.3. The standard InChI is InChI=1S/C23H24N8O4S/c1-31(13-16-12-27-21-19(28-16)20(24)29-23(25)30-21)17-6-4-15(5-7-17)22(32)26-11-10-14-2-8-18(9-3-14)36(33,34)35/h2-9,12H,10-11,13H2,1H3,(H,26,32)(H,33,34,35)(H4,24,25,27,29,30). The molecule has 36 heavy (non-hydrogen) atoms. The molecule has 2 aromatic heterocycles. The fraction of sp³-hybridized carbons (Fsp3) is 0.174. The van der Waals surface area contributed by atoms with Crippen LogP contribution in [0.5, 0.6) is 0 Å². The summed E-state index contributed by atoms with van der Waals surface area (Å²) in [5.41, 5.74) is 15.1. The molecule has 0 aliphatic rings. The number of nitrogens with zero attached hydrogens (tertiary/aromatic N) is 5. The second-order valence-corrected chi connectivity index (χ2v) is 9.45. The van der Waals surface area contributed by atoms with Crippen LogP contribution in [0.25, 0.3) is 11.2 Å². The summed E-state index contributed by atoms with van der Waals surface area (Å²) in [7, 11) is -2.34. The van der Waals surface area contributed by atoms with Gasteiger partial charge in [-0.25, -0.2) is 9.97 Å². The Balaban J connectivity index is 1.33. The van der Waals surface area contributed by atoms with Crippen molar-refractivity contribution in [2.75, 3.05) is 30.0 Å². The quantitative estimate of drug-likeness (QED) is 0.252. The summed E-state index contributed by atoms with van der Waals surface area (Å²) in [6, 6.07) is 12.9. The number of anilines is 3. The Kier molecular flexibility index (Phi) is 6.94. The molecule has 0 saturated carbocycles. The van der Waals surface area contributed by atoms with Crippen molar-refractivity contribution in [3.63, 3.8) is 0 Å². The third-order valence-electron chi connectivity index (χ3n) is 5.39. The SMILES string of the molecule is CN(Cc1cnc2nc(N)nc(N)c2n1)c1ccc(C(=O)NCCc2ccc(S(=O)(=O)O)cc2)cc1. The smallest absolute Gasteiger partial charge is 0.294 e. The number of fused-ring (bicyclic) bond motifs is 1. The summed E-state index contributed by atoms with van der Waals surface area (Å²) >= 11 is 0. The summed E-state index contributed by atoms with van der Waals surface area (Å²) in [5, 5.41) is 2.84. The lowest BCUT2D eigenvalue weighted by molar-refractivity contribution is 0.0954. The summed E-state index contributed by atoms with van der Waals surface area (Å²) in [6.45, 7) is 0.805. The summed E-state index contributed by atoms with van der Waals surface area (Å²) < 4.78 is 31.2. The van der Waals surface area contributed by atoms with Gasteiger partial charge in [0.2, 0.25) is 5.95 Å². The van der Waals surface area contributed by atoms with Crippen molar-refractivity contribution in [1.82, 2.24) is 25.3 Å². The van der Waals surface area contributed by atoms with Gasteiger partial charge in [0.25, 0.3) is 16.0 Å². The highest BCUT2D eigenvalue weighted by atomic mass is 32.2. The molecular weight excluding hydrogens is 484 g/mol. The Labute approximate surface area is 207 Å². The first kappa shape index (κ1) is 24.8. The molecular formula is C23H24N8O4S. The molecule has 4 rings (SSSR count). The third-order valence-corrected chi connectivity index (χ3v) is 6.26. The minimum absolute atomic E-state index is 0.0395. The van der Waals surface area contributed by atoms with Crippen LogP contribution in [-0.4, -0.2) is 52.4 Å². The average Bonchev–Trinajstić information content (AvgIpc) is 2.84. The highest BCUT2D eigenvalue weighted by Gasteiger charge is 2.12. The van der Waals surface area contributed by atoms with E-state index in [9.17, 15) is 13.2 Å². The van der Waals surface area contributed by atoms with E-state index in [0.717, 1.165) is 11.3 Å². The number of carbonyl (C=O) groups is 1. The van der Waals surface area contributed by atoms with Crippen LogP contribution in [-0.2, 0) is 23.1 Å². The van der Waals surface area contributed by atoms with Crippen LogP contribution in [0.1, 0.15) is 21.6 Å². The van der Waals surface area contributed by atoms with Crippen LogP contribution >= 0.6 is 0 Å². The molecule has 6 N–H and O–H groups in total. The van der Waals surface area contributed by atoms with Gasteiger partial charge in [-0.05, 0) is 48.4 Å². The molecule has 0 aliphatic carbocycles. The van der Waals surface area contributed by atoms with E-state index in [4.69, 9.17) is 16.0 Å². The van der Waals surface area contributed by atoms with Crippen molar-refractivity contribution in [1.29, 1.82) is 0 Å². The maximum atomic E-state index is 12.5. The Morgan fingerprint density at radius 3 is 2.39 bits per heavy atom.